The van der Waals surface area contributed by atoms with Crippen LogP contribution in [-0.4, -0.2) is 31.3 Å². The van der Waals surface area contributed by atoms with Crippen molar-refractivity contribution in [2.24, 2.45) is 5.73 Å². The zero-order chi connectivity index (χ0) is 27.9. The van der Waals surface area contributed by atoms with E-state index in [4.69, 9.17) is 10.7 Å². The monoisotopic (exact) mass is 536 g/mol. The van der Waals surface area contributed by atoms with E-state index in [9.17, 15) is 9.59 Å². The van der Waals surface area contributed by atoms with Crippen LogP contribution in [0.1, 0.15) is 63.1 Å². The summed E-state index contributed by atoms with van der Waals surface area (Å²) in [6, 6.07) is 22.4. The fraction of sp³-hybridized carbons (Fsp3) is 0.312. The molecule has 0 saturated heterocycles. The number of aromatic nitrogens is 4. The molecule has 0 bridgehead atoms. The largest absolute Gasteiger partial charge is 0.370 e. The highest BCUT2D eigenvalue weighted by molar-refractivity contribution is 5.86. The summed E-state index contributed by atoms with van der Waals surface area (Å²) in [5.74, 6) is 1.39. The van der Waals surface area contributed by atoms with Crippen molar-refractivity contribution < 1.29 is 9.59 Å². The lowest BCUT2D eigenvalue weighted by Gasteiger charge is -2.17. The normalized spacial score (nSPS) is 12.1. The molecule has 5 aromatic rings. The number of carbonyl (C=O) groups excluding carboxylic acids is 2. The Kier molecular flexibility index (Phi) is 8.54. The summed E-state index contributed by atoms with van der Waals surface area (Å²) < 4.78 is 2.14. The third-order valence-electron chi connectivity index (χ3n) is 7.35. The minimum absolute atomic E-state index is 0.0365. The molecular weight excluding hydrogens is 500 g/mol. The Morgan fingerprint density at radius 1 is 0.975 bits per heavy atom. The number of nitrogens with one attached hydrogen (secondary N) is 2. The van der Waals surface area contributed by atoms with Crippen molar-refractivity contribution in [3.63, 3.8) is 0 Å². The molecule has 8 heteroatoms. The van der Waals surface area contributed by atoms with Gasteiger partial charge in [-0.05, 0) is 41.8 Å². The summed E-state index contributed by atoms with van der Waals surface area (Å²) in [6.45, 7) is 2.64. The van der Waals surface area contributed by atoms with E-state index in [-0.39, 0.29) is 17.9 Å². The molecule has 2 amide bonds. The summed E-state index contributed by atoms with van der Waals surface area (Å²) >= 11 is 0. The Morgan fingerprint density at radius 3 is 2.60 bits per heavy atom. The second-order valence-electron chi connectivity index (χ2n) is 10.2. The van der Waals surface area contributed by atoms with Gasteiger partial charge in [0.05, 0.1) is 29.0 Å². The fourth-order valence-electron chi connectivity index (χ4n) is 5.24. The summed E-state index contributed by atoms with van der Waals surface area (Å²) in [5.41, 5.74) is 9.24. The molecule has 206 valence electrons. The standard InChI is InChI=1S/C32H36N6O2/c1-2-30-35-25-12-8-9-14-28(25)38(30)19-18-31(40)36-26(13-4-3-5-15-29(33)39)32-34-21-27(37-32)24-17-16-22-10-6-7-11-23(22)20-24/h6-12,14,16-17,20-21,26H,2-5,13,15,18-19H2,1H3,(H2,33,39)(H,34,37)(H,36,40)/t26-/m0/s1. The van der Waals surface area contributed by atoms with Gasteiger partial charge in [-0.1, -0.05) is 68.3 Å². The second kappa shape index (κ2) is 12.6. The maximum Gasteiger partial charge on any atom is 0.222 e. The molecule has 40 heavy (non-hydrogen) atoms. The number of aromatic amines is 1. The number of hydrogen-bond donors (Lipinski definition) is 3. The maximum atomic E-state index is 13.2. The summed E-state index contributed by atoms with van der Waals surface area (Å²) in [7, 11) is 0. The number of para-hydroxylation sites is 2. The van der Waals surface area contributed by atoms with Crippen molar-refractivity contribution in [2.45, 2.75) is 64.5 Å². The first-order valence-electron chi connectivity index (χ1n) is 14.1. The molecule has 0 unspecified atom stereocenters. The SMILES string of the molecule is CCc1nc2ccccc2n1CCC(=O)N[C@@H](CCCCCC(N)=O)c1ncc(-c2ccc3ccccc3c2)[nH]1. The predicted molar refractivity (Wildman–Crippen MR) is 158 cm³/mol. The Balaban J connectivity index is 1.30. The van der Waals surface area contributed by atoms with Crippen LogP contribution in [0, 0.1) is 0 Å². The topological polar surface area (TPSA) is 119 Å². The third-order valence-corrected chi connectivity index (χ3v) is 7.35. The van der Waals surface area contributed by atoms with Crippen LogP contribution in [0.25, 0.3) is 33.1 Å². The number of amides is 2. The lowest BCUT2D eigenvalue weighted by molar-refractivity contribution is -0.122. The molecule has 2 aromatic heterocycles. The van der Waals surface area contributed by atoms with Crippen molar-refractivity contribution in [1.82, 2.24) is 24.8 Å². The molecule has 0 aliphatic carbocycles. The lowest BCUT2D eigenvalue weighted by Crippen LogP contribution is -2.30. The average molecular weight is 537 g/mol. The van der Waals surface area contributed by atoms with Gasteiger partial charge in [0.25, 0.3) is 0 Å². The first kappa shape index (κ1) is 27.1. The number of benzene rings is 3. The zero-order valence-electron chi connectivity index (χ0n) is 22.9. The van der Waals surface area contributed by atoms with Crippen LogP contribution in [0.4, 0.5) is 0 Å². The lowest BCUT2D eigenvalue weighted by atomic mass is 10.1. The quantitative estimate of drug-likeness (QED) is 0.164. The van der Waals surface area contributed by atoms with Crippen LogP contribution in [0.3, 0.4) is 0 Å². The summed E-state index contributed by atoms with van der Waals surface area (Å²) in [4.78, 5) is 37.2. The van der Waals surface area contributed by atoms with Gasteiger partial charge in [-0.3, -0.25) is 9.59 Å². The van der Waals surface area contributed by atoms with Crippen LogP contribution in [0.15, 0.2) is 72.9 Å². The van der Waals surface area contributed by atoms with E-state index in [1.807, 2.05) is 42.6 Å². The summed E-state index contributed by atoms with van der Waals surface area (Å²) in [6.07, 6.45) is 6.50. The van der Waals surface area contributed by atoms with Crippen molar-refractivity contribution >= 4 is 33.6 Å². The first-order chi connectivity index (χ1) is 19.5. The Bertz CT molecular complexity index is 1620. The molecule has 0 saturated carbocycles. The number of nitrogens with two attached hydrogens (primary N) is 1. The Morgan fingerprint density at radius 2 is 1.77 bits per heavy atom. The van der Waals surface area contributed by atoms with Gasteiger partial charge in [-0.15, -0.1) is 0 Å². The number of carbonyl (C=O) groups is 2. The molecule has 2 heterocycles. The second-order valence-corrected chi connectivity index (χ2v) is 10.2. The van der Waals surface area contributed by atoms with Crippen molar-refractivity contribution in [3.05, 3.63) is 84.6 Å². The third kappa shape index (κ3) is 6.39. The average Bonchev–Trinajstić information content (AvgIpc) is 3.60. The van der Waals surface area contributed by atoms with E-state index in [0.29, 0.717) is 25.8 Å². The van der Waals surface area contributed by atoms with Gasteiger partial charge < -0.3 is 20.6 Å². The highest BCUT2D eigenvalue weighted by Crippen LogP contribution is 2.26. The number of unbranched alkanes of at least 4 members (excludes halogenated alkanes) is 2. The zero-order valence-corrected chi connectivity index (χ0v) is 22.9. The first-order valence-corrected chi connectivity index (χ1v) is 14.1. The van der Waals surface area contributed by atoms with Crippen LogP contribution >= 0.6 is 0 Å². The van der Waals surface area contributed by atoms with Crippen molar-refractivity contribution in [1.29, 1.82) is 0 Å². The smallest absolute Gasteiger partial charge is 0.222 e. The number of imidazole rings is 2. The van der Waals surface area contributed by atoms with Crippen LogP contribution in [0.5, 0.6) is 0 Å². The van der Waals surface area contributed by atoms with Crippen LogP contribution in [-0.2, 0) is 22.6 Å². The van der Waals surface area contributed by atoms with Crippen molar-refractivity contribution in [3.8, 4) is 11.3 Å². The van der Waals surface area contributed by atoms with Gasteiger partial charge >= 0.3 is 0 Å². The molecule has 1 atom stereocenters. The summed E-state index contributed by atoms with van der Waals surface area (Å²) in [5, 5.41) is 5.56. The minimum atomic E-state index is -0.283. The van der Waals surface area contributed by atoms with Crippen LogP contribution < -0.4 is 11.1 Å². The minimum Gasteiger partial charge on any atom is -0.370 e. The molecule has 4 N–H and O–H groups in total. The molecule has 0 aliphatic heterocycles. The number of rotatable bonds is 13. The number of primary amides is 1. The maximum absolute atomic E-state index is 13.2. The fourth-order valence-corrected chi connectivity index (χ4v) is 5.24. The molecule has 3 aromatic carbocycles. The van der Waals surface area contributed by atoms with Gasteiger partial charge in [0.15, 0.2) is 0 Å². The van der Waals surface area contributed by atoms with Crippen LogP contribution in [0.2, 0.25) is 0 Å². The van der Waals surface area contributed by atoms with E-state index in [1.165, 1.54) is 5.39 Å². The number of H-pyrrole nitrogens is 1. The van der Waals surface area contributed by atoms with Gasteiger partial charge in [-0.25, -0.2) is 9.97 Å². The molecule has 0 aliphatic rings. The van der Waals surface area contributed by atoms with E-state index >= 15 is 0 Å². The van der Waals surface area contributed by atoms with E-state index in [1.54, 1.807) is 0 Å². The van der Waals surface area contributed by atoms with E-state index in [0.717, 1.165) is 65.0 Å². The predicted octanol–water partition coefficient (Wildman–Crippen LogP) is 5.83. The molecule has 0 fully saturated rings. The van der Waals surface area contributed by atoms with Gasteiger partial charge in [0, 0.05) is 31.4 Å². The highest BCUT2D eigenvalue weighted by atomic mass is 16.2. The number of fused-ring (bicyclic) bond motifs is 2. The molecular formula is C32H36N6O2. The van der Waals surface area contributed by atoms with Gasteiger partial charge in [0.1, 0.15) is 11.6 Å². The van der Waals surface area contributed by atoms with Gasteiger partial charge in [-0.2, -0.15) is 0 Å². The van der Waals surface area contributed by atoms with Crippen molar-refractivity contribution in [2.75, 3.05) is 0 Å². The number of hydrogen-bond acceptors (Lipinski definition) is 4. The Hall–Kier alpha value is -4.46. The highest BCUT2D eigenvalue weighted by Gasteiger charge is 2.19. The van der Waals surface area contributed by atoms with E-state index < -0.39 is 0 Å². The molecule has 0 spiro atoms. The Labute approximate surface area is 234 Å². The molecule has 5 rings (SSSR count). The number of aryl methyl sites for hydroxylation is 2. The number of nitrogens with zero attached hydrogens (tertiary/aromatic N) is 3. The molecule has 0 radical (unpaired) electrons. The van der Waals surface area contributed by atoms with E-state index in [2.05, 4.69) is 57.1 Å². The molecule has 8 nitrogen and oxygen atoms in total. The van der Waals surface area contributed by atoms with Gasteiger partial charge in [0.2, 0.25) is 11.8 Å².